The molecule has 5 heteroatoms. The van der Waals surface area contributed by atoms with Crippen LogP contribution in [0.15, 0.2) is 48.5 Å². The summed E-state index contributed by atoms with van der Waals surface area (Å²) in [6, 6.07) is 11.8. The SMILES string of the molecule is COc1cc(CC(=O)O)ccc1C(=O)C=Cc1ccc(Cl)cc1. The van der Waals surface area contributed by atoms with Crippen molar-refractivity contribution >= 4 is 29.4 Å². The van der Waals surface area contributed by atoms with Crippen molar-refractivity contribution in [2.45, 2.75) is 6.42 Å². The number of methoxy groups -OCH3 is 1. The van der Waals surface area contributed by atoms with Crippen molar-refractivity contribution in [1.82, 2.24) is 0 Å². The molecule has 0 aliphatic heterocycles. The van der Waals surface area contributed by atoms with E-state index in [0.29, 0.717) is 21.9 Å². The Kier molecular flexibility index (Phi) is 5.55. The fourth-order valence-electron chi connectivity index (χ4n) is 2.06. The third kappa shape index (κ3) is 4.69. The Labute approximate surface area is 139 Å². The van der Waals surface area contributed by atoms with Crippen LogP contribution in [0, 0.1) is 0 Å². The number of rotatable bonds is 6. The smallest absolute Gasteiger partial charge is 0.307 e. The molecule has 2 rings (SSSR count). The lowest BCUT2D eigenvalue weighted by molar-refractivity contribution is -0.136. The number of carboxylic acid groups (broad SMARTS) is 1. The van der Waals surface area contributed by atoms with Gasteiger partial charge in [0.1, 0.15) is 5.75 Å². The van der Waals surface area contributed by atoms with E-state index in [-0.39, 0.29) is 12.2 Å². The van der Waals surface area contributed by atoms with E-state index in [0.717, 1.165) is 5.56 Å². The molecular formula is C18H15ClO4. The number of halogens is 1. The number of carbonyl (C=O) groups excluding carboxylic acids is 1. The highest BCUT2D eigenvalue weighted by atomic mass is 35.5. The zero-order chi connectivity index (χ0) is 16.8. The maximum Gasteiger partial charge on any atom is 0.307 e. The third-order valence-electron chi connectivity index (χ3n) is 3.18. The number of allylic oxidation sites excluding steroid dienone is 1. The Hall–Kier alpha value is -2.59. The normalized spacial score (nSPS) is 10.7. The average molecular weight is 331 g/mol. The molecule has 0 unspecified atom stereocenters. The van der Waals surface area contributed by atoms with Crippen LogP contribution < -0.4 is 4.74 Å². The lowest BCUT2D eigenvalue weighted by Crippen LogP contribution is -2.03. The van der Waals surface area contributed by atoms with Gasteiger partial charge in [0.05, 0.1) is 19.1 Å². The van der Waals surface area contributed by atoms with Gasteiger partial charge in [-0.15, -0.1) is 0 Å². The molecule has 0 spiro atoms. The van der Waals surface area contributed by atoms with Crippen molar-refractivity contribution in [3.05, 3.63) is 70.3 Å². The van der Waals surface area contributed by atoms with Crippen LogP contribution in [0.2, 0.25) is 5.02 Å². The minimum atomic E-state index is -0.936. The van der Waals surface area contributed by atoms with Crippen LogP contribution in [-0.4, -0.2) is 24.0 Å². The van der Waals surface area contributed by atoms with Crippen LogP contribution in [0.5, 0.6) is 5.75 Å². The number of ether oxygens (including phenoxy) is 1. The minimum absolute atomic E-state index is 0.120. The number of hydrogen-bond acceptors (Lipinski definition) is 3. The molecule has 0 heterocycles. The van der Waals surface area contributed by atoms with Crippen LogP contribution in [0.1, 0.15) is 21.5 Å². The molecule has 118 valence electrons. The molecule has 0 saturated heterocycles. The monoisotopic (exact) mass is 330 g/mol. The summed E-state index contributed by atoms with van der Waals surface area (Å²) in [4.78, 5) is 23.0. The standard InChI is InChI=1S/C18H15ClO4/c1-23-17-10-13(11-18(21)22)4-8-15(17)16(20)9-5-12-2-6-14(19)7-3-12/h2-10H,11H2,1H3,(H,21,22). The van der Waals surface area contributed by atoms with E-state index in [4.69, 9.17) is 21.4 Å². The fraction of sp³-hybridized carbons (Fsp3) is 0.111. The van der Waals surface area contributed by atoms with Crippen molar-refractivity contribution in [1.29, 1.82) is 0 Å². The van der Waals surface area contributed by atoms with Gasteiger partial charge in [-0.2, -0.15) is 0 Å². The Bertz CT molecular complexity index is 748. The Balaban J connectivity index is 2.21. The Morgan fingerprint density at radius 2 is 1.87 bits per heavy atom. The summed E-state index contributed by atoms with van der Waals surface area (Å²) in [6.45, 7) is 0. The number of benzene rings is 2. The van der Waals surface area contributed by atoms with Crippen LogP contribution in [0.25, 0.3) is 6.08 Å². The third-order valence-corrected chi connectivity index (χ3v) is 3.44. The van der Waals surface area contributed by atoms with E-state index < -0.39 is 5.97 Å². The van der Waals surface area contributed by atoms with E-state index in [1.165, 1.54) is 13.2 Å². The van der Waals surface area contributed by atoms with Crippen LogP contribution in [0.4, 0.5) is 0 Å². The van der Waals surface area contributed by atoms with Crippen molar-refractivity contribution < 1.29 is 19.4 Å². The fourth-order valence-corrected chi connectivity index (χ4v) is 2.19. The number of carboxylic acids is 1. The molecule has 0 radical (unpaired) electrons. The Morgan fingerprint density at radius 1 is 1.17 bits per heavy atom. The molecule has 4 nitrogen and oxygen atoms in total. The molecule has 2 aromatic rings. The zero-order valence-electron chi connectivity index (χ0n) is 12.5. The summed E-state index contributed by atoms with van der Waals surface area (Å²) >= 11 is 5.81. The highest BCUT2D eigenvalue weighted by molar-refractivity contribution is 6.30. The number of carbonyl (C=O) groups is 2. The summed E-state index contributed by atoms with van der Waals surface area (Å²) < 4.78 is 5.19. The van der Waals surface area contributed by atoms with Crippen LogP contribution in [0.3, 0.4) is 0 Å². The first kappa shape index (κ1) is 16.8. The maximum absolute atomic E-state index is 12.3. The first-order valence-electron chi connectivity index (χ1n) is 6.86. The Morgan fingerprint density at radius 3 is 2.48 bits per heavy atom. The van der Waals surface area contributed by atoms with Gasteiger partial charge in [0.15, 0.2) is 5.78 Å². The molecule has 1 N–H and O–H groups in total. The van der Waals surface area contributed by atoms with Gasteiger partial charge in [-0.1, -0.05) is 35.9 Å². The molecule has 0 amide bonds. The van der Waals surface area contributed by atoms with Crippen molar-refractivity contribution in [3.63, 3.8) is 0 Å². The van der Waals surface area contributed by atoms with Crippen LogP contribution >= 0.6 is 11.6 Å². The first-order chi connectivity index (χ1) is 11.0. The summed E-state index contributed by atoms with van der Waals surface area (Å²) in [5, 5.41) is 9.44. The van der Waals surface area contributed by atoms with Crippen molar-refractivity contribution in [2.75, 3.05) is 7.11 Å². The molecule has 0 aliphatic rings. The molecule has 2 aromatic carbocycles. The van der Waals surface area contributed by atoms with Gasteiger partial charge < -0.3 is 9.84 Å². The van der Waals surface area contributed by atoms with Gasteiger partial charge in [0.25, 0.3) is 0 Å². The van der Waals surface area contributed by atoms with Crippen molar-refractivity contribution in [3.8, 4) is 5.75 Å². The van der Waals surface area contributed by atoms with E-state index in [2.05, 4.69) is 0 Å². The molecule has 0 bridgehead atoms. The average Bonchev–Trinajstić information content (AvgIpc) is 2.53. The van der Waals surface area contributed by atoms with Gasteiger partial charge >= 0.3 is 5.97 Å². The molecule has 23 heavy (non-hydrogen) atoms. The second-order valence-corrected chi connectivity index (χ2v) is 5.29. The molecular weight excluding hydrogens is 316 g/mol. The van der Waals surface area contributed by atoms with E-state index in [1.54, 1.807) is 48.5 Å². The minimum Gasteiger partial charge on any atom is -0.496 e. The highest BCUT2D eigenvalue weighted by Gasteiger charge is 2.11. The quantitative estimate of drug-likeness (QED) is 0.645. The maximum atomic E-state index is 12.3. The van der Waals surface area contributed by atoms with Gasteiger partial charge in [0.2, 0.25) is 0 Å². The van der Waals surface area contributed by atoms with Gasteiger partial charge in [0, 0.05) is 5.02 Å². The van der Waals surface area contributed by atoms with Crippen molar-refractivity contribution in [2.24, 2.45) is 0 Å². The van der Waals surface area contributed by atoms with E-state index in [1.807, 2.05) is 0 Å². The number of aliphatic carboxylic acids is 1. The topological polar surface area (TPSA) is 63.6 Å². The first-order valence-corrected chi connectivity index (χ1v) is 7.24. The van der Waals surface area contributed by atoms with Gasteiger partial charge in [-0.05, 0) is 41.5 Å². The summed E-state index contributed by atoms with van der Waals surface area (Å²) in [7, 11) is 1.44. The molecule has 0 saturated carbocycles. The van der Waals surface area contributed by atoms with Gasteiger partial charge in [-0.25, -0.2) is 0 Å². The predicted molar refractivity (Wildman–Crippen MR) is 89.2 cm³/mol. The molecule has 0 atom stereocenters. The summed E-state index contributed by atoms with van der Waals surface area (Å²) in [5.41, 5.74) is 1.81. The van der Waals surface area contributed by atoms with E-state index >= 15 is 0 Å². The largest absolute Gasteiger partial charge is 0.496 e. The summed E-state index contributed by atoms with van der Waals surface area (Å²) in [5.74, 6) is -0.804. The number of ketones is 1. The lowest BCUT2D eigenvalue weighted by Gasteiger charge is -2.07. The predicted octanol–water partition coefficient (Wildman–Crippen LogP) is 3.87. The molecule has 0 fully saturated rings. The number of hydrogen-bond donors (Lipinski definition) is 1. The second-order valence-electron chi connectivity index (χ2n) is 4.85. The molecule has 0 aliphatic carbocycles. The van der Waals surface area contributed by atoms with E-state index in [9.17, 15) is 9.59 Å². The van der Waals surface area contributed by atoms with Crippen LogP contribution in [-0.2, 0) is 11.2 Å². The van der Waals surface area contributed by atoms with Gasteiger partial charge in [-0.3, -0.25) is 9.59 Å². The molecule has 0 aromatic heterocycles. The lowest BCUT2D eigenvalue weighted by atomic mass is 10.0. The summed E-state index contributed by atoms with van der Waals surface area (Å²) in [6.07, 6.45) is 3.01. The second kappa shape index (κ2) is 7.61. The highest BCUT2D eigenvalue weighted by Crippen LogP contribution is 2.22. The zero-order valence-corrected chi connectivity index (χ0v) is 13.2.